The molecule has 0 spiro atoms. The van der Waals surface area contributed by atoms with Crippen LogP contribution in [0.5, 0.6) is 5.75 Å². The Kier molecular flexibility index (Phi) is 9.15. The highest BCUT2D eigenvalue weighted by Gasteiger charge is 2.21. The molecule has 33 heavy (non-hydrogen) atoms. The number of thioether (sulfide) groups is 1. The maximum absolute atomic E-state index is 13.2. The van der Waals surface area contributed by atoms with Crippen molar-refractivity contribution in [3.63, 3.8) is 0 Å². The molecule has 2 N–H and O–H groups in total. The average molecular weight is 495 g/mol. The van der Waals surface area contributed by atoms with Crippen molar-refractivity contribution < 1.29 is 23.5 Å². The zero-order chi connectivity index (χ0) is 23.6. The van der Waals surface area contributed by atoms with Gasteiger partial charge < -0.3 is 14.8 Å². The smallest absolute Gasteiger partial charge is 0.281 e. The molecule has 0 aliphatic heterocycles. The molecule has 0 radical (unpaired) electrons. The molecule has 0 bridgehead atoms. The largest absolute Gasteiger partial charge is 0.489 e. The summed E-state index contributed by atoms with van der Waals surface area (Å²) in [6.45, 7) is 3.22. The number of ether oxygens (including phenoxy) is 2. The number of hydrogen-bond donors (Lipinski definition) is 2. The lowest BCUT2D eigenvalue weighted by atomic mass is 10.3. The Balaban J connectivity index is 1.65. The van der Waals surface area contributed by atoms with Gasteiger partial charge in [0.2, 0.25) is 11.0 Å². The Morgan fingerprint density at radius 2 is 2.00 bits per heavy atom. The summed E-state index contributed by atoms with van der Waals surface area (Å²) in [5.41, 5.74) is 0.643. The van der Waals surface area contributed by atoms with Crippen LogP contribution in [-0.2, 0) is 9.53 Å². The standard InChI is InChI=1S/C20H23FN6O4S2/c1-3-9-31-15-11-27(14-6-4-13(21)5-7-14)26-17(15)18(29)23-19-24-25-20(33-19)32-12-16(28)22-8-10-30-2/h4-7,11H,3,8-10,12H2,1-2H3,(H,22,28)(H,23,24,29). The number of carbonyl (C=O) groups excluding carboxylic acids is 2. The fraction of sp³-hybridized carbons (Fsp3) is 0.350. The number of carbonyl (C=O) groups is 2. The monoisotopic (exact) mass is 494 g/mol. The zero-order valence-corrected chi connectivity index (χ0v) is 19.7. The summed E-state index contributed by atoms with van der Waals surface area (Å²) >= 11 is 2.35. The topological polar surface area (TPSA) is 120 Å². The van der Waals surface area contributed by atoms with Crippen LogP contribution in [0.15, 0.2) is 34.8 Å². The number of anilines is 1. The summed E-state index contributed by atoms with van der Waals surface area (Å²) in [5.74, 6) is -0.577. The first kappa shape index (κ1) is 24.6. The molecule has 176 valence electrons. The SMILES string of the molecule is CCCOc1cn(-c2ccc(F)cc2)nc1C(=O)Nc1nnc(SCC(=O)NCCOC)s1. The van der Waals surface area contributed by atoms with E-state index in [1.807, 2.05) is 6.92 Å². The van der Waals surface area contributed by atoms with E-state index in [4.69, 9.17) is 9.47 Å². The second kappa shape index (κ2) is 12.3. The van der Waals surface area contributed by atoms with Crippen LogP contribution in [0.1, 0.15) is 23.8 Å². The fourth-order valence-electron chi connectivity index (χ4n) is 2.50. The Bertz CT molecular complexity index is 1070. The highest BCUT2D eigenvalue weighted by atomic mass is 32.2. The second-order valence-corrected chi connectivity index (χ2v) is 8.77. The molecule has 2 aromatic heterocycles. The summed E-state index contributed by atoms with van der Waals surface area (Å²) in [5, 5.41) is 17.9. The van der Waals surface area contributed by atoms with Crippen LogP contribution in [0, 0.1) is 5.82 Å². The van der Waals surface area contributed by atoms with Gasteiger partial charge in [0.1, 0.15) is 5.82 Å². The minimum Gasteiger partial charge on any atom is -0.489 e. The summed E-state index contributed by atoms with van der Waals surface area (Å²) in [6.07, 6.45) is 2.32. The van der Waals surface area contributed by atoms with Crippen molar-refractivity contribution in [1.82, 2.24) is 25.3 Å². The first-order valence-corrected chi connectivity index (χ1v) is 11.8. The summed E-state index contributed by atoms with van der Waals surface area (Å²) in [4.78, 5) is 24.6. The van der Waals surface area contributed by atoms with Gasteiger partial charge in [-0.2, -0.15) is 5.10 Å². The quantitative estimate of drug-likeness (QED) is 0.224. The third kappa shape index (κ3) is 7.23. The van der Waals surface area contributed by atoms with Crippen LogP contribution < -0.4 is 15.4 Å². The van der Waals surface area contributed by atoms with E-state index in [0.717, 1.165) is 17.8 Å². The van der Waals surface area contributed by atoms with Crippen molar-refractivity contribution in [3.8, 4) is 11.4 Å². The van der Waals surface area contributed by atoms with Gasteiger partial charge in [-0.05, 0) is 30.7 Å². The van der Waals surface area contributed by atoms with Crippen LogP contribution >= 0.6 is 23.1 Å². The molecule has 13 heteroatoms. The van der Waals surface area contributed by atoms with E-state index in [0.29, 0.717) is 35.5 Å². The highest BCUT2D eigenvalue weighted by Crippen LogP contribution is 2.27. The first-order chi connectivity index (χ1) is 16.0. The van der Waals surface area contributed by atoms with Gasteiger partial charge in [-0.25, -0.2) is 9.07 Å². The predicted octanol–water partition coefficient (Wildman–Crippen LogP) is 2.76. The van der Waals surface area contributed by atoms with Gasteiger partial charge in [0, 0.05) is 13.7 Å². The minimum atomic E-state index is -0.521. The van der Waals surface area contributed by atoms with E-state index in [1.54, 1.807) is 25.4 Å². The van der Waals surface area contributed by atoms with Gasteiger partial charge >= 0.3 is 0 Å². The van der Waals surface area contributed by atoms with Crippen LogP contribution in [0.3, 0.4) is 0 Å². The molecule has 0 saturated heterocycles. The Morgan fingerprint density at radius 3 is 2.73 bits per heavy atom. The lowest BCUT2D eigenvalue weighted by Crippen LogP contribution is -2.28. The average Bonchev–Trinajstić information content (AvgIpc) is 3.44. The molecule has 0 atom stereocenters. The third-order valence-electron chi connectivity index (χ3n) is 4.03. The Labute approximate surface area is 197 Å². The lowest BCUT2D eigenvalue weighted by Gasteiger charge is -2.03. The van der Waals surface area contributed by atoms with E-state index in [1.165, 1.54) is 28.6 Å². The maximum atomic E-state index is 13.2. The van der Waals surface area contributed by atoms with Crippen molar-refractivity contribution in [2.24, 2.45) is 0 Å². The maximum Gasteiger partial charge on any atom is 0.281 e. The molecule has 1 aromatic carbocycles. The number of amides is 2. The molecule has 2 heterocycles. The van der Waals surface area contributed by atoms with Crippen molar-refractivity contribution in [1.29, 1.82) is 0 Å². The molecule has 3 rings (SSSR count). The molecule has 0 aliphatic rings. The number of aromatic nitrogens is 4. The lowest BCUT2D eigenvalue weighted by molar-refractivity contribution is -0.118. The Morgan fingerprint density at radius 1 is 1.21 bits per heavy atom. The molecular weight excluding hydrogens is 471 g/mol. The van der Waals surface area contributed by atoms with Crippen LogP contribution in [0.25, 0.3) is 5.69 Å². The number of rotatable bonds is 12. The van der Waals surface area contributed by atoms with Crippen molar-refractivity contribution in [2.75, 3.05) is 37.9 Å². The van der Waals surface area contributed by atoms with Crippen molar-refractivity contribution in [3.05, 3.63) is 42.0 Å². The van der Waals surface area contributed by atoms with Gasteiger partial charge in [-0.1, -0.05) is 30.0 Å². The van der Waals surface area contributed by atoms with E-state index in [-0.39, 0.29) is 28.3 Å². The molecular formula is C20H23FN6O4S2. The molecule has 0 unspecified atom stereocenters. The third-order valence-corrected chi connectivity index (χ3v) is 6.00. The molecule has 0 saturated carbocycles. The van der Waals surface area contributed by atoms with Crippen LogP contribution in [0.4, 0.5) is 9.52 Å². The zero-order valence-electron chi connectivity index (χ0n) is 18.0. The summed E-state index contributed by atoms with van der Waals surface area (Å²) < 4.78 is 25.8. The molecule has 2 amide bonds. The van der Waals surface area contributed by atoms with Gasteiger partial charge in [0.15, 0.2) is 15.8 Å². The van der Waals surface area contributed by atoms with Crippen LogP contribution in [-0.4, -0.2) is 64.4 Å². The molecule has 0 fully saturated rings. The number of methoxy groups -OCH3 is 1. The van der Waals surface area contributed by atoms with E-state index in [2.05, 4.69) is 25.9 Å². The second-order valence-electron chi connectivity index (χ2n) is 6.57. The molecule has 10 nitrogen and oxygen atoms in total. The van der Waals surface area contributed by atoms with E-state index < -0.39 is 5.91 Å². The number of hydrogen-bond acceptors (Lipinski definition) is 9. The predicted molar refractivity (Wildman–Crippen MR) is 123 cm³/mol. The fourth-order valence-corrected chi connectivity index (χ4v) is 4.08. The van der Waals surface area contributed by atoms with Crippen LogP contribution in [0.2, 0.25) is 0 Å². The number of benzene rings is 1. The highest BCUT2D eigenvalue weighted by molar-refractivity contribution is 8.01. The number of nitrogens with one attached hydrogen (secondary N) is 2. The normalized spacial score (nSPS) is 10.8. The van der Waals surface area contributed by atoms with Gasteiger partial charge in [-0.3, -0.25) is 14.9 Å². The summed E-state index contributed by atoms with van der Waals surface area (Å²) in [6, 6.07) is 5.71. The Hall–Kier alpha value is -3.03. The van der Waals surface area contributed by atoms with Gasteiger partial charge in [0.25, 0.3) is 5.91 Å². The van der Waals surface area contributed by atoms with Gasteiger partial charge in [0.05, 0.1) is 30.9 Å². The number of halogens is 1. The van der Waals surface area contributed by atoms with Crippen molar-refractivity contribution in [2.45, 2.75) is 17.7 Å². The summed E-state index contributed by atoms with van der Waals surface area (Å²) in [7, 11) is 1.56. The van der Waals surface area contributed by atoms with Gasteiger partial charge in [-0.15, -0.1) is 10.2 Å². The molecule has 3 aromatic rings. The minimum absolute atomic E-state index is 0.0645. The van der Waals surface area contributed by atoms with Crippen molar-refractivity contribution >= 4 is 40.0 Å². The number of nitrogens with zero attached hydrogens (tertiary/aromatic N) is 4. The van der Waals surface area contributed by atoms with E-state index in [9.17, 15) is 14.0 Å². The first-order valence-electron chi connectivity index (χ1n) is 10.0. The van der Waals surface area contributed by atoms with E-state index >= 15 is 0 Å². The molecule has 0 aliphatic carbocycles.